The van der Waals surface area contributed by atoms with E-state index < -0.39 is 0 Å². The van der Waals surface area contributed by atoms with E-state index in [0.29, 0.717) is 23.5 Å². The molecular weight excluding hydrogens is 305 g/mol. The maximum atomic E-state index is 13.4. The molecule has 0 unspecified atom stereocenters. The van der Waals surface area contributed by atoms with E-state index >= 15 is 0 Å². The first kappa shape index (κ1) is 15.9. The molecule has 0 atom stereocenters. The molecule has 0 spiro atoms. The first-order valence-electron chi connectivity index (χ1n) is 7.75. The monoisotopic (exact) mass is 323 g/mol. The Morgan fingerprint density at radius 1 is 1.12 bits per heavy atom. The molecule has 2 aromatic carbocycles. The number of hydrogen-bond donors (Lipinski definition) is 1. The largest absolute Gasteiger partial charge is 0.350 e. The summed E-state index contributed by atoms with van der Waals surface area (Å²) in [6.45, 7) is 0.536. The Kier molecular flexibility index (Phi) is 4.70. The summed E-state index contributed by atoms with van der Waals surface area (Å²) in [5.41, 5.74) is 2.88. The van der Waals surface area contributed by atoms with Crippen LogP contribution in [0.2, 0.25) is 0 Å². The van der Waals surface area contributed by atoms with Crippen LogP contribution >= 0.6 is 0 Å². The second-order valence-electron chi connectivity index (χ2n) is 5.54. The van der Waals surface area contributed by atoms with Crippen LogP contribution in [0.1, 0.15) is 16.1 Å². The Hall–Kier alpha value is -2.95. The fourth-order valence-electron chi connectivity index (χ4n) is 2.55. The standard InChI is InChI=1S/C19H18FN3O/c1-23-18(15-8-5-9-16(20)12-15)13-17(22-23)19(24)21-11-10-14-6-3-2-4-7-14/h2-9,12-13H,10-11H2,1H3,(H,21,24). The van der Waals surface area contributed by atoms with Crippen LogP contribution in [0.5, 0.6) is 0 Å². The molecule has 0 saturated heterocycles. The second kappa shape index (κ2) is 7.08. The topological polar surface area (TPSA) is 46.9 Å². The van der Waals surface area contributed by atoms with Gasteiger partial charge in [0.25, 0.3) is 5.91 Å². The third-order valence-electron chi connectivity index (χ3n) is 3.77. The molecule has 0 radical (unpaired) electrons. The van der Waals surface area contributed by atoms with Gasteiger partial charge in [-0.05, 0) is 30.2 Å². The Labute approximate surface area is 139 Å². The lowest BCUT2D eigenvalue weighted by atomic mass is 10.1. The van der Waals surface area contributed by atoms with Gasteiger partial charge >= 0.3 is 0 Å². The Morgan fingerprint density at radius 3 is 2.67 bits per heavy atom. The number of nitrogens with zero attached hydrogens (tertiary/aromatic N) is 2. The fourth-order valence-corrected chi connectivity index (χ4v) is 2.55. The Balaban J connectivity index is 1.67. The highest BCUT2D eigenvalue weighted by Crippen LogP contribution is 2.20. The average Bonchev–Trinajstić information content (AvgIpc) is 2.98. The van der Waals surface area contributed by atoms with Crippen LogP contribution in [-0.4, -0.2) is 22.2 Å². The van der Waals surface area contributed by atoms with Gasteiger partial charge in [-0.3, -0.25) is 9.48 Å². The molecule has 0 aliphatic heterocycles. The summed E-state index contributed by atoms with van der Waals surface area (Å²) in [5, 5.41) is 7.09. The zero-order valence-electron chi connectivity index (χ0n) is 13.4. The molecular formula is C19H18FN3O. The van der Waals surface area contributed by atoms with Crippen LogP contribution in [0.4, 0.5) is 4.39 Å². The lowest BCUT2D eigenvalue weighted by Gasteiger charge is -2.03. The van der Waals surface area contributed by atoms with Gasteiger partial charge in [-0.25, -0.2) is 4.39 Å². The predicted octanol–water partition coefficient (Wildman–Crippen LogP) is 3.20. The number of rotatable bonds is 5. The highest BCUT2D eigenvalue weighted by Gasteiger charge is 2.13. The molecule has 0 saturated carbocycles. The lowest BCUT2D eigenvalue weighted by molar-refractivity contribution is 0.0948. The first-order chi connectivity index (χ1) is 11.6. The van der Waals surface area contributed by atoms with E-state index in [0.717, 1.165) is 6.42 Å². The van der Waals surface area contributed by atoms with Crippen molar-refractivity contribution in [1.82, 2.24) is 15.1 Å². The number of benzene rings is 2. The highest BCUT2D eigenvalue weighted by molar-refractivity contribution is 5.93. The molecule has 0 aliphatic carbocycles. The minimum atomic E-state index is -0.317. The van der Waals surface area contributed by atoms with E-state index in [1.54, 1.807) is 29.9 Å². The second-order valence-corrected chi connectivity index (χ2v) is 5.54. The van der Waals surface area contributed by atoms with E-state index in [9.17, 15) is 9.18 Å². The number of aromatic nitrogens is 2. The number of halogens is 1. The van der Waals surface area contributed by atoms with Crippen molar-refractivity contribution in [1.29, 1.82) is 0 Å². The van der Waals surface area contributed by atoms with Gasteiger partial charge in [0.2, 0.25) is 0 Å². The molecule has 3 rings (SSSR count). The van der Waals surface area contributed by atoms with E-state index in [4.69, 9.17) is 0 Å². The Morgan fingerprint density at radius 2 is 1.92 bits per heavy atom. The van der Waals surface area contributed by atoms with Crippen LogP contribution in [0.3, 0.4) is 0 Å². The molecule has 1 aromatic heterocycles. The summed E-state index contributed by atoms with van der Waals surface area (Å²) in [5.74, 6) is -0.549. The smallest absolute Gasteiger partial charge is 0.271 e. The minimum Gasteiger partial charge on any atom is -0.350 e. The number of carbonyl (C=O) groups is 1. The molecule has 24 heavy (non-hydrogen) atoms. The van der Waals surface area contributed by atoms with E-state index in [2.05, 4.69) is 10.4 Å². The number of carbonyl (C=O) groups excluding carboxylic acids is 1. The normalized spacial score (nSPS) is 10.6. The maximum absolute atomic E-state index is 13.4. The van der Waals surface area contributed by atoms with Crippen molar-refractivity contribution in [2.75, 3.05) is 6.54 Å². The Bertz CT molecular complexity index is 843. The van der Waals surface area contributed by atoms with Gasteiger partial charge in [0.05, 0.1) is 5.69 Å². The van der Waals surface area contributed by atoms with Gasteiger partial charge in [-0.15, -0.1) is 0 Å². The van der Waals surface area contributed by atoms with Gasteiger partial charge < -0.3 is 5.32 Å². The lowest BCUT2D eigenvalue weighted by Crippen LogP contribution is -2.26. The molecule has 1 amide bonds. The highest BCUT2D eigenvalue weighted by atomic mass is 19.1. The van der Waals surface area contributed by atoms with Gasteiger partial charge in [-0.1, -0.05) is 42.5 Å². The fraction of sp³-hybridized carbons (Fsp3) is 0.158. The summed E-state index contributed by atoms with van der Waals surface area (Å²) < 4.78 is 15.0. The molecule has 122 valence electrons. The average molecular weight is 323 g/mol. The quantitative estimate of drug-likeness (QED) is 0.784. The molecule has 5 heteroatoms. The predicted molar refractivity (Wildman–Crippen MR) is 91.1 cm³/mol. The molecule has 1 N–H and O–H groups in total. The maximum Gasteiger partial charge on any atom is 0.271 e. The summed E-state index contributed by atoms with van der Waals surface area (Å²) in [6.07, 6.45) is 0.760. The van der Waals surface area contributed by atoms with Crippen molar-refractivity contribution in [3.05, 3.63) is 77.7 Å². The van der Waals surface area contributed by atoms with E-state index in [1.165, 1.54) is 17.7 Å². The summed E-state index contributed by atoms with van der Waals surface area (Å²) >= 11 is 0. The summed E-state index contributed by atoms with van der Waals surface area (Å²) in [4.78, 5) is 12.2. The number of aryl methyl sites for hydroxylation is 1. The summed E-state index contributed by atoms with van der Waals surface area (Å²) in [6, 6.07) is 17.9. The molecule has 4 nitrogen and oxygen atoms in total. The zero-order chi connectivity index (χ0) is 16.9. The molecule has 0 fully saturated rings. The van der Waals surface area contributed by atoms with E-state index in [-0.39, 0.29) is 11.7 Å². The molecule has 0 bridgehead atoms. The van der Waals surface area contributed by atoms with Crippen molar-refractivity contribution in [3.63, 3.8) is 0 Å². The number of amides is 1. The first-order valence-corrected chi connectivity index (χ1v) is 7.75. The van der Waals surface area contributed by atoms with Crippen molar-refractivity contribution in [2.45, 2.75) is 6.42 Å². The van der Waals surface area contributed by atoms with Gasteiger partial charge in [-0.2, -0.15) is 5.10 Å². The molecule has 1 heterocycles. The van der Waals surface area contributed by atoms with Crippen molar-refractivity contribution >= 4 is 5.91 Å². The molecule has 0 aliphatic rings. The minimum absolute atomic E-state index is 0.232. The van der Waals surface area contributed by atoms with Gasteiger partial charge in [0, 0.05) is 19.2 Å². The van der Waals surface area contributed by atoms with Gasteiger partial charge in [0.1, 0.15) is 5.82 Å². The summed E-state index contributed by atoms with van der Waals surface area (Å²) in [7, 11) is 1.74. The van der Waals surface area contributed by atoms with Crippen LogP contribution in [0.15, 0.2) is 60.7 Å². The van der Waals surface area contributed by atoms with Crippen LogP contribution < -0.4 is 5.32 Å². The number of hydrogen-bond acceptors (Lipinski definition) is 2. The van der Waals surface area contributed by atoms with Crippen molar-refractivity contribution < 1.29 is 9.18 Å². The van der Waals surface area contributed by atoms with Crippen LogP contribution in [-0.2, 0) is 13.5 Å². The van der Waals surface area contributed by atoms with Crippen molar-refractivity contribution in [3.8, 4) is 11.3 Å². The van der Waals surface area contributed by atoms with E-state index in [1.807, 2.05) is 30.3 Å². The number of nitrogens with one attached hydrogen (secondary N) is 1. The van der Waals surface area contributed by atoms with Crippen LogP contribution in [0, 0.1) is 5.82 Å². The molecule has 3 aromatic rings. The van der Waals surface area contributed by atoms with Gasteiger partial charge in [0.15, 0.2) is 5.69 Å². The zero-order valence-corrected chi connectivity index (χ0v) is 13.4. The third kappa shape index (κ3) is 3.68. The van der Waals surface area contributed by atoms with Crippen molar-refractivity contribution in [2.24, 2.45) is 7.05 Å². The third-order valence-corrected chi connectivity index (χ3v) is 3.77. The van der Waals surface area contributed by atoms with Crippen LogP contribution in [0.25, 0.3) is 11.3 Å². The SMILES string of the molecule is Cn1nc(C(=O)NCCc2ccccc2)cc1-c1cccc(F)c1.